The van der Waals surface area contributed by atoms with E-state index < -0.39 is 6.10 Å². The lowest BCUT2D eigenvalue weighted by molar-refractivity contribution is 0.0309. The number of β-amino-alcohol motifs (C(OH)–C–C–N with tert-alkyl or cyclic N) is 1. The van der Waals surface area contributed by atoms with Gasteiger partial charge in [-0.1, -0.05) is 6.07 Å². The maximum absolute atomic E-state index is 13.7. The fraction of sp³-hybridized carbons (Fsp3) is 0.500. The van der Waals surface area contributed by atoms with Crippen LogP contribution in [-0.2, 0) is 4.74 Å². The number of nitrogens with zero attached hydrogens (tertiary/aromatic N) is 1. The maximum atomic E-state index is 13.7. The minimum absolute atomic E-state index is 0.0829. The molecular formula is C18H24FN3O3. The number of fused-ring (bicyclic) bond motifs is 1. The number of hydrogen-bond acceptors (Lipinski definition) is 4. The predicted molar refractivity (Wildman–Crippen MR) is 93.1 cm³/mol. The summed E-state index contributed by atoms with van der Waals surface area (Å²) >= 11 is 0. The highest BCUT2D eigenvalue weighted by Crippen LogP contribution is 2.19. The van der Waals surface area contributed by atoms with Gasteiger partial charge >= 0.3 is 0 Å². The van der Waals surface area contributed by atoms with Crippen molar-refractivity contribution < 1.29 is 19.0 Å². The van der Waals surface area contributed by atoms with Gasteiger partial charge in [0.1, 0.15) is 11.5 Å². The number of amides is 1. The first-order valence-corrected chi connectivity index (χ1v) is 8.54. The van der Waals surface area contributed by atoms with Crippen molar-refractivity contribution in [2.45, 2.75) is 25.0 Å². The van der Waals surface area contributed by atoms with Gasteiger partial charge in [0.05, 0.1) is 12.7 Å². The fourth-order valence-corrected chi connectivity index (χ4v) is 3.31. The van der Waals surface area contributed by atoms with Crippen LogP contribution in [0.3, 0.4) is 0 Å². The third-order valence-electron chi connectivity index (χ3n) is 4.61. The average molecular weight is 349 g/mol. The Morgan fingerprint density at radius 1 is 1.48 bits per heavy atom. The molecule has 0 aliphatic carbocycles. The van der Waals surface area contributed by atoms with Crippen molar-refractivity contribution in [3.63, 3.8) is 0 Å². The zero-order valence-corrected chi connectivity index (χ0v) is 14.3. The average Bonchev–Trinajstić information content (AvgIpc) is 3.03. The standard InChI is InChI=1S/C18H24FN3O3/c1-25-11-13(23)10-22-7-5-12(6-8-22)20-18(24)17-9-14-15(19)3-2-4-16(14)21-17/h2-4,9,12-13,21,23H,5-8,10-11H2,1H3,(H,20,24). The van der Waals surface area contributed by atoms with E-state index in [1.54, 1.807) is 25.3 Å². The number of ether oxygens (including phenoxy) is 1. The van der Waals surface area contributed by atoms with Crippen LogP contribution < -0.4 is 5.32 Å². The molecule has 0 spiro atoms. The van der Waals surface area contributed by atoms with Crippen molar-refractivity contribution in [3.8, 4) is 0 Å². The molecule has 0 bridgehead atoms. The number of rotatable bonds is 6. The molecule has 0 saturated carbocycles. The van der Waals surface area contributed by atoms with E-state index >= 15 is 0 Å². The Morgan fingerprint density at radius 3 is 2.92 bits per heavy atom. The number of aromatic nitrogens is 1. The number of halogens is 1. The van der Waals surface area contributed by atoms with Crippen molar-refractivity contribution in [3.05, 3.63) is 35.8 Å². The summed E-state index contributed by atoms with van der Waals surface area (Å²) in [6.45, 7) is 2.53. The second-order valence-electron chi connectivity index (χ2n) is 6.54. The topological polar surface area (TPSA) is 77.6 Å². The molecule has 2 aromatic rings. The van der Waals surface area contributed by atoms with Crippen LogP contribution in [0.5, 0.6) is 0 Å². The molecule has 136 valence electrons. The molecule has 1 saturated heterocycles. The van der Waals surface area contributed by atoms with E-state index in [0.29, 0.717) is 29.7 Å². The molecule has 7 heteroatoms. The number of H-pyrrole nitrogens is 1. The van der Waals surface area contributed by atoms with E-state index in [2.05, 4.69) is 15.2 Å². The summed E-state index contributed by atoms with van der Waals surface area (Å²) in [5.41, 5.74) is 0.991. The Morgan fingerprint density at radius 2 is 2.24 bits per heavy atom. The minimum atomic E-state index is -0.489. The Labute approximate surface area is 146 Å². The van der Waals surface area contributed by atoms with Crippen molar-refractivity contribution in [1.29, 1.82) is 0 Å². The summed E-state index contributed by atoms with van der Waals surface area (Å²) < 4.78 is 18.7. The molecule has 25 heavy (non-hydrogen) atoms. The summed E-state index contributed by atoms with van der Waals surface area (Å²) in [5.74, 6) is -0.552. The van der Waals surface area contributed by atoms with Crippen LogP contribution in [-0.4, -0.2) is 66.4 Å². The molecule has 1 aliphatic rings. The van der Waals surface area contributed by atoms with E-state index in [1.165, 1.54) is 6.07 Å². The monoisotopic (exact) mass is 349 g/mol. The Balaban J connectivity index is 1.53. The molecule has 1 amide bonds. The number of aromatic amines is 1. The summed E-state index contributed by atoms with van der Waals surface area (Å²) in [6.07, 6.45) is 1.15. The van der Waals surface area contributed by atoms with Gasteiger partial charge in [-0.05, 0) is 31.0 Å². The number of nitrogens with one attached hydrogen (secondary N) is 2. The molecule has 1 aromatic heterocycles. The Bertz CT molecular complexity index is 725. The maximum Gasteiger partial charge on any atom is 0.267 e. The molecular weight excluding hydrogens is 325 g/mol. The lowest BCUT2D eigenvalue weighted by atomic mass is 10.0. The second kappa shape index (κ2) is 7.95. The smallest absolute Gasteiger partial charge is 0.267 e. The van der Waals surface area contributed by atoms with E-state index in [0.717, 1.165) is 25.9 Å². The molecule has 2 heterocycles. The summed E-state index contributed by atoms with van der Waals surface area (Å²) in [7, 11) is 1.57. The normalized spacial score (nSPS) is 17.7. The highest BCUT2D eigenvalue weighted by molar-refractivity contribution is 5.98. The number of piperidine rings is 1. The first-order chi connectivity index (χ1) is 12.1. The molecule has 1 fully saturated rings. The molecule has 1 atom stereocenters. The number of carbonyl (C=O) groups excluding carboxylic acids is 1. The van der Waals surface area contributed by atoms with Crippen LogP contribution in [0.25, 0.3) is 10.9 Å². The molecule has 1 unspecified atom stereocenters. The lowest BCUT2D eigenvalue weighted by Crippen LogP contribution is -2.47. The van der Waals surface area contributed by atoms with Crippen molar-refractivity contribution in [2.24, 2.45) is 0 Å². The molecule has 6 nitrogen and oxygen atoms in total. The van der Waals surface area contributed by atoms with E-state index in [-0.39, 0.29) is 17.8 Å². The lowest BCUT2D eigenvalue weighted by Gasteiger charge is -2.33. The number of benzene rings is 1. The number of methoxy groups -OCH3 is 1. The van der Waals surface area contributed by atoms with Gasteiger partial charge in [0, 0.05) is 43.7 Å². The zero-order chi connectivity index (χ0) is 17.8. The van der Waals surface area contributed by atoms with Crippen LogP contribution in [0, 0.1) is 5.82 Å². The number of hydrogen-bond donors (Lipinski definition) is 3. The van der Waals surface area contributed by atoms with Gasteiger partial charge in [0.2, 0.25) is 0 Å². The first kappa shape index (κ1) is 17.8. The number of carbonyl (C=O) groups is 1. The van der Waals surface area contributed by atoms with Crippen LogP contribution in [0.2, 0.25) is 0 Å². The Hall–Kier alpha value is -1.96. The molecule has 1 aromatic carbocycles. The van der Waals surface area contributed by atoms with Gasteiger partial charge in [-0.15, -0.1) is 0 Å². The minimum Gasteiger partial charge on any atom is -0.389 e. The van der Waals surface area contributed by atoms with Crippen LogP contribution in [0.1, 0.15) is 23.3 Å². The van der Waals surface area contributed by atoms with Gasteiger partial charge < -0.3 is 25.0 Å². The SMILES string of the molecule is COCC(O)CN1CCC(NC(=O)c2cc3c(F)cccc3[nH]2)CC1. The summed E-state index contributed by atoms with van der Waals surface area (Å²) in [6, 6.07) is 6.38. The Kier molecular flexibility index (Phi) is 5.67. The van der Waals surface area contributed by atoms with Crippen molar-refractivity contribution in [2.75, 3.05) is 33.4 Å². The summed E-state index contributed by atoms with van der Waals surface area (Å²) in [5, 5.41) is 13.2. The van der Waals surface area contributed by atoms with Gasteiger partial charge in [-0.3, -0.25) is 4.79 Å². The van der Waals surface area contributed by atoms with Gasteiger partial charge in [0.25, 0.3) is 5.91 Å². The van der Waals surface area contributed by atoms with Gasteiger partial charge in [-0.2, -0.15) is 0 Å². The fourth-order valence-electron chi connectivity index (χ4n) is 3.31. The molecule has 3 N–H and O–H groups in total. The largest absolute Gasteiger partial charge is 0.389 e. The van der Waals surface area contributed by atoms with E-state index in [9.17, 15) is 14.3 Å². The first-order valence-electron chi connectivity index (χ1n) is 8.54. The third kappa shape index (κ3) is 4.36. The van der Waals surface area contributed by atoms with Crippen molar-refractivity contribution in [1.82, 2.24) is 15.2 Å². The van der Waals surface area contributed by atoms with E-state index in [4.69, 9.17) is 4.74 Å². The molecule has 1 aliphatic heterocycles. The molecule has 0 radical (unpaired) electrons. The van der Waals surface area contributed by atoms with Gasteiger partial charge in [0.15, 0.2) is 0 Å². The predicted octanol–water partition coefficient (Wildman–Crippen LogP) is 1.51. The second-order valence-corrected chi connectivity index (χ2v) is 6.54. The van der Waals surface area contributed by atoms with Crippen LogP contribution >= 0.6 is 0 Å². The van der Waals surface area contributed by atoms with Crippen LogP contribution in [0.4, 0.5) is 4.39 Å². The molecule has 3 rings (SSSR count). The van der Waals surface area contributed by atoms with E-state index in [1.807, 2.05) is 0 Å². The van der Waals surface area contributed by atoms with Crippen molar-refractivity contribution >= 4 is 16.8 Å². The quantitative estimate of drug-likeness (QED) is 0.739. The number of aliphatic hydroxyl groups is 1. The highest BCUT2D eigenvalue weighted by Gasteiger charge is 2.23. The number of likely N-dealkylation sites (tertiary alicyclic amines) is 1. The van der Waals surface area contributed by atoms with Gasteiger partial charge in [-0.25, -0.2) is 4.39 Å². The third-order valence-corrected chi connectivity index (χ3v) is 4.61. The highest BCUT2D eigenvalue weighted by atomic mass is 19.1. The number of aliphatic hydroxyl groups excluding tert-OH is 1. The zero-order valence-electron chi connectivity index (χ0n) is 14.3. The summed E-state index contributed by atoms with van der Waals surface area (Å²) in [4.78, 5) is 17.5. The van der Waals surface area contributed by atoms with Crippen LogP contribution in [0.15, 0.2) is 24.3 Å².